The fourth-order valence-electron chi connectivity index (χ4n) is 5.31. The maximum absolute atomic E-state index is 12.9. The molecule has 39 heavy (non-hydrogen) atoms. The van der Waals surface area contributed by atoms with Crippen LogP contribution < -0.4 is 16.8 Å². The first kappa shape index (κ1) is 28.6. The van der Waals surface area contributed by atoms with E-state index in [0.29, 0.717) is 31.7 Å². The first-order valence-electron chi connectivity index (χ1n) is 13.6. The third-order valence-electron chi connectivity index (χ3n) is 7.93. The number of ether oxygens (including phenoxy) is 1. The molecule has 1 aliphatic rings. The normalized spacial score (nSPS) is 16.3. The van der Waals surface area contributed by atoms with Gasteiger partial charge in [0.15, 0.2) is 5.58 Å². The molecular weight excluding hydrogens is 494 g/mol. The molecule has 0 bridgehead atoms. The van der Waals surface area contributed by atoms with Crippen molar-refractivity contribution in [1.29, 1.82) is 5.26 Å². The average molecular weight is 534 g/mol. The number of amides is 1. The van der Waals surface area contributed by atoms with Crippen molar-refractivity contribution in [1.82, 2.24) is 14.8 Å². The van der Waals surface area contributed by atoms with Crippen LogP contribution in [0.3, 0.4) is 0 Å². The summed E-state index contributed by atoms with van der Waals surface area (Å²) in [6.45, 7) is 4.39. The Labute approximate surface area is 229 Å². The topological polar surface area (TPSA) is 127 Å². The molecule has 208 valence electrons. The summed E-state index contributed by atoms with van der Waals surface area (Å²) in [5.41, 5.74) is 9.60. The van der Waals surface area contributed by atoms with Gasteiger partial charge >= 0.3 is 5.76 Å². The van der Waals surface area contributed by atoms with Gasteiger partial charge in [-0.1, -0.05) is 43.2 Å². The molecule has 9 nitrogen and oxygen atoms in total. The molecule has 0 aliphatic heterocycles. The largest absolute Gasteiger partial charge is 0.419 e. The van der Waals surface area contributed by atoms with Crippen molar-refractivity contribution >= 4 is 17.0 Å². The molecule has 2 aromatic carbocycles. The molecule has 0 unspecified atom stereocenters. The molecular formula is C30H39N5O4. The summed E-state index contributed by atoms with van der Waals surface area (Å²) in [7, 11) is 3.66. The zero-order chi connectivity index (χ0) is 28.0. The molecule has 9 heteroatoms. The third-order valence-corrected chi connectivity index (χ3v) is 7.93. The van der Waals surface area contributed by atoms with Gasteiger partial charge in [-0.25, -0.2) is 4.79 Å². The molecule has 1 aromatic heterocycles. The molecule has 0 saturated heterocycles. The van der Waals surface area contributed by atoms with Crippen LogP contribution in [-0.4, -0.2) is 60.8 Å². The fourth-order valence-corrected chi connectivity index (χ4v) is 5.31. The number of rotatable bonds is 12. The molecule has 1 amide bonds. The van der Waals surface area contributed by atoms with Crippen molar-refractivity contribution in [3.05, 3.63) is 58.6 Å². The minimum Gasteiger partial charge on any atom is -0.408 e. The molecule has 2 atom stereocenters. The van der Waals surface area contributed by atoms with E-state index in [-0.39, 0.29) is 17.6 Å². The van der Waals surface area contributed by atoms with Gasteiger partial charge in [-0.3, -0.25) is 9.36 Å². The van der Waals surface area contributed by atoms with Crippen molar-refractivity contribution < 1.29 is 13.9 Å². The number of methoxy groups -OCH3 is 1. The van der Waals surface area contributed by atoms with Crippen LogP contribution in [0.25, 0.3) is 22.2 Å². The van der Waals surface area contributed by atoms with Gasteiger partial charge in [-0.2, -0.15) is 5.26 Å². The number of hydrogen-bond donors (Lipinski definition) is 2. The highest BCUT2D eigenvalue weighted by molar-refractivity contribution is 5.86. The number of oxazole rings is 1. The minimum atomic E-state index is -0.971. The van der Waals surface area contributed by atoms with Gasteiger partial charge in [0.05, 0.1) is 23.7 Å². The lowest BCUT2D eigenvalue weighted by molar-refractivity contribution is -0.128. The number of nitriles is 1. The van der Waals surface area contributed by atoms with Crippen LogP contribution in [-0.2, 0) is 22.5 Å². The second-order valence-corrected chi connectivity index (χ2v) is 10.8. The number of hydrogen-bond acceptors (Lipinski definition) is 7. The maximum Gasteiger partial charge on any atom is 0.419 e. The van der Waals surface area contributed by atoms with Crippen LogP contribution >= 0.6 is 0 Å². The summed E-state index contributed by atoms with van der Waals surface area (Å²) < 4.78 is 12.2. The van der Waals surface area contributed by atoms with Gasteiger partial charge in [0.25, 0.3) is 0 Å². The third kappa shape index (κ3) is 6.77. The van der Waals surface area contributed by atoms with E-state index in [0.717, 1.165) is 54.4 Å². The van der Waals surface area contributed by atoms with Gasteiger partial charge in [0.2, 0.25) is 5.91 Å². The Hall–Kier alpha value is -3.45. The number of carbonyl (C=O) groups is 1. The van der Waals surface area contributed by atoms with E-state index >= 15 is 0 Å². The van der Waals surface area contributed by atoms with Crippen molar-refractivity contribution in [3.8, 4) is 17.2 Å². The van der Waals surface area contributed by atoms with Crippen LogP contribution in [0.2, 0.25) is 0 Å². The molecule has 3 N–H and O–H groups in total. The monoisotopic (exact) mass is 533 g/mol. The Balaban J connectivity index is 1.43. The molecule has 1 fully saturated rings. The highest BCUT2D eigenvalue weighted by Crippen LogP contribution is 2.33. The molecule has 1 aliphatic carbocycles. The highest BCUT2D eigenvalue weighted by atomic mass is 16.5. The SMILES string of the molecule is COCCN(C)CCn1c(=O)oc2ccc(-c3ccc(C[C@@H](C#N)NC(=O)[C@@](C)(N)C4CCCC4)cc3)cc21. The molecule has 1 saturated carbocycles. The Morgan fingerprint density at radius 1 is 1.23 bits per heavy atom. The molecule has 1 heterocycles. The Kier molecular flexibility index (Phi) is 9.23. The number of aromatic nitrogens is 1. The second kappa shape index (κ2) is 12.6. The molecule has 4 rings (SSSR count). The smallest absolute Gasteiger partial charge is 0.408 e. The zero-order valence-electron chi connectivity index (χ0n) is 23.1. The van der Waals surface area contributed by atoms with Crippen molar-refractivity contribution in [3.63, 3.8) is 0 Å². The Morgan fingerprint density at radius 3 is 2.59 bits per heavy atom. The molecule has 0 spiro atoms. The summed E-state index contributed by atoms with van der Waals surface area (Å²) >= 11 is 0. The average Bonchev–Trinajstić information content (AvgIpc) is 3.58. The lowest BCUT2D eigenvalue weighted by atomic mass is 9.84. The second-order valence-electron chi connectivity index (χ2n) is 10.8. The fraction of sp³-hybridized carbons (Fsp3) is 0.500. The lowest BCUT2D eigenvalue weighted by Gasteiger charge is -2.31. The van der Waals surface area contributed by atoms with Gasteiger partial charge in [-0.05, 0) is 61.6 Å². The van der Waals surface area contributed by atoms with E-state index in [9.17, 15) is 14.9 Å². The lowest BCUT2D eigenvalue weighted by Crippen LogP contribution is -2.58. The van der Waals surface area contributed by atoms with E-state index in [1.807, 2.05) is 49.5 Å². The first-order valence-corrected chi connectivity index (χ1v) is 13.6. The zero-order valence-corrected chi connectivity index (χ0v) is 23.1. The van der Waals surface area contributed by atoms with Gasteiger partial charge in [0.1, 0.15) is 6.04 Å². The summed E-state index contributed by atoms with van der Waals surface area (Å²) in [6.07, 6.45) is 4.48. The number of benzene rings is 2. The van der Waals surface area contributed by atoms with E-state index in [4.69, 9.17) is 14.9 Å². The maximum atomic E-state index is 12.9. The summed E-state index contributed by atoms with van der Waals surface area (Å²) in [4.78, 5) is 27.5. The quantitative estimate of drug-likeness (QED) is 0.366. The molecule has 3 aromatic rings. The van der Waals surface area contributed by atoms with Crippen molar-refractivity contribution in [2.75, 3.05) is 33.9 Å². The number of nitrogens with zero attached hydrogens (tertiary/aromatic N) is 3. The summed E-state index contributed by atoms with van der Waals surface area (Å²) in [5, 5.41) is 12.6. The van der Waals surface area contributed by atoms with Crippen molar-refractivity contribution in [2.45, 2.75) is 57.2 Å². The number of nitrogens with two attached hydrogens (primary N) is 1. The number of carbonyl (C=O) groups excluding carboxylic acids is 1. The summed E-state index contributed by atoms with van der Waals surface area (Å²) in [5.74, 6) is -0.484. The number of fused-ring (bicyclic) bond motifs is 1. The van der Waals surface area contributed by atoms with E-state index < -0.39 is 11.6 Å². The van der Waals surface area contributed by atoms with Gasteiger partial charge in [0, 0.05) is 33.2 Å². The van der Waals surface area contributed by atoms with Crippen LogP contribution in [0.1, 0.15) is 38.2 Å². The molecule has 0 radical (unpaired) electrons. The van der Waals surface area contributed by atoms with Gasteiger partial charge < -0.3 is 25.1 Å². The Morgan fingerprint density at radius 2 is 1.92 bits per heavy atom. The van der Waals surface area contributed by atoms with Crippen LogP contribution in [0, 0.1) is 17.2 Å². The van der Waals surface area contributed by atoms with Crippen LogP contribution in [0.5, 0.6) is 0 Å². The standard InChI is InChI=1S/C30H39N5O4/c1-30(32,24-6-4-5-7-24)28(36)33-25(20-31)18-21-8-10-22(11-9-21)23-12-13-27-26(19-23)35(29(37)39-27)15-14-34(2)16-17-38-3/h8-13,19,24-25H,4-7,14-18,32H2,1-3H3,(H,33,36)/t25-,30-/m0/s1. The number of nitrogens with one attached hydrogen (secondary N) is 1. The van der Waals surface area contributed by atoms with E-state index in [2.05, 4.69) is 16.3 Å². The van der Waals surface area contributed by atoms with Crippen LogP contribution in [0.15, 0.2) is 51.7 Å². The summed E-state index contributed by atoms with van der Waals surface area (Å²) in [6, 6.07) is 15.2. The predicted octanol–water partition coefficient (Wildman–Crippen LogP) is 3.30. The first-order chi connectivity index (χ1) is 18.7. The predicted molar refractivity (Wildman–Crippen MR) is 151 cm³/mol. The van der Waals surface area contributed by atoms with Gasteiger partial charge in [-0.15, -0.1) is 0 Å². The highest BCUT2D eigenvalue weighted by Gasteiger charge is 2.39. The van der Waals surface area contributed by atoms with Crippen molar-refractivity contribution in [2.24, 2.45) is 11.7 Å². The Bertz CT molecular complexity index is 1360. The van der Waals surface area contributed by atoms with Crippen LogP contribution in [0.4, 0.5) is 0 Å². The minimum absolute atomic E-state index is 0.150. The number of likely N-dealkylation sites (N-methyl/N-ethyl adjacent to an activating group) is 1. The van der Waals surface area contributed by atoms with E-state index in [1.165, 1.54) is 0 Å². The van der Waals surface area contributed by atoms with E-state index in [1.54, 1.807) is 18.6 Å².